The van der Waals surface area contributed by atoms with Gasteiger partial charge in [0, 0.05) is 0 Å². The van der Waals surface area contributed by atoms with Gasteiger partial charge in [-0.2, -0.15) is 0 Å². The van der Waals surface area contributed by atoms with Crippen LogP contribution in [0, 0.1) is 0 Å². The van der Waals surface area contributed by atoms with Crippen molar-refractivity contribution in [3.63, 3.8) is 0 Å². The number of rotatable bonds is 10. The lowest BCUT2D eigenvalue weighted by Crippen LogP contribution is -2.63. The molecule has 15 nitrogen and oxygen atoms in total. The van der Waals surface area contributed by atoms with Crippen molar-refractivity contribution >= 4 is 6.29 Å². The van der Waals surface area contributed by atoms with Crippen molar-refractivity contribution in [2.75, 3.05) is 13.2 Å². The molecular formula is C18H32O15. The van der Waals surface area contributed by atoms with Gasteiger partial charge in [0.05, 0.1) is 19.3 Å². The second-order valence-electron chi connectivity index (χ2n) is 7.96. The molecule has 15 heteroatoms. The summed E-state index contributed by atoms with van der Waals surface area (Å²) in [7, 11) is 0. The Hall–Kier alpha value is -0.890. The van der Waals surface area contributed by atoms with E-state index in [-0.39, 0.29) is 6.29 Å². The van der Waals surface area contributed by atoms with Gasteiger partial charge in [-0.05, 0) is 6.92 Å². The summed E-state index contributed by atoms with van der Waals surface area (Å²) in [6, 6.07) is 0. The van der Waals surface area contributed by atoms with E-state index in [1.165, 1.54) is 6.92 Å². The third-order valence-corrected chi connectivity index (χ3v) is 5.61. The molecule has 0 saturated carbocycles. The summed E-state index contributed by atoms with van der Waals surface area (Å²) in [4.78, 5) is 11.3. The number of hydrogen-bond acceptors (Lipinski definition) is 15. The first-order valence-corrected chi connectivity index (χ1v) is 10.2. The molecule has 0 unspecified atom stereocenters. The first-order chi connectivity index (χ1) is 15.5. The molecule has 0 aliphatic carbocycles. The van der Waals surface area contributed by atoms with Crippen molar-refractivity contribution in [1.82, 2.24) is 0 Å². The van der Waals surface area contributed by atoms with E-state index >= 15 is 0 Å². The highest BCUT2D eigenvalue weighted by atomic mass is 16.7. The van der Waals surface area contributed by atoms with Crippen LogP contribution in [0.1, 0.15) is 6.92 Å². The number of ether oxygens (including phenoxy) is 4. The molecule has 2 heterocycles. The molecule has 2 saturated heterocycles. The van der Waals surface area contributed by atoms with Crippen LogP contribution < -0.4 is 0 Å². The maximum absolute atomic E-state index is 11.3. The number of aldehydes is 1. The van der Waals surface area contributed by atoms with Gasteiger partial charge in [0.15, 0.2) is 18.9 Å². The van der Waals surface area contributed by atoms with Gasteiger partial charge in [0.2, 0.25) is 0 Å². The minimum Gasteiger partial charge on any atom is -0.394 e. The predicted molar refractivity (Wildman–Crippen MR) is 101 cm³/mol. The highest BCUT2D eigenvalue weighted by molar-refractivity contribution is 5.56. The molecule has 0 aromatic carbocycles. The van der Waals surface area contributed by atoms with Gasteiger partial charge in [0.1, 0.15) is 67.1 Å². The van der Waals surface area contributed by atoms with Crippen molar-refractivity contribution in [1.29, 1.82) is 0 Å². The maximum atomic E-state index is 11.3. The Balaban J connectivity index is 2.30. The summed E-state index contributed by atoms with van der Waals surface area (Å²) >= 11 is 0. The van der Waals surface area contributed by atoms with E-state index in [2.05, 4.69) is 0 Å². The third-order valence-electron chi connectivity index (χ3n) is 5.61. The van der Waals surface area contributed by atoms with Crippen molar-refractivity contribution < 1.29 is 74.8 Å². The van der Waals surface area contributed by atoms with Gasteiger partial charge in [-0.25, -0.2) is 0 Å². The van der Waals surface area contributed by atoms with E-state index < -0.39 is 99.0 Å². The lowest BCUT2D eigenvalue weighted by molar-refractivity contribution is -0.349. The molecule has 0 bridgehead atoms. The third kappa shape index (κ3) is 6.22. The molecule has 0 aromatic heterocycles. The largest absolute Gasteiger partial charge is 0.394 e. The summed E-state index contributed by atoms with van der Waals surface area (Å²) in [5, 5.41) is 99.1. The Morgan fingerprint density at radius 2 is 1.30 bits per heavy atom. The van der Waals surface area contributed by atoms with E-state index in [1.54, 1.807) is 0 Å². The van der Waals surface area contributed by atoms with Crippen molar-refractivity contribution in [2.24, 2.45) is 0 Å². The maximum Gasteiger partial charge on any atom is 0.187 e. The monoisotopic (exact) mass is 488 g/mol. The molecule has 194 valence electrons. The first-order valence-electron chi connectivity index (χ1n) is 10.2. The van der Waals surface area contributed by atoms with Crippen LogP contribution in [0.2, 0.25) is 0 Å². The average Bonchev–Trinajstić information content (AvgIpc) is 2.81. The summed E-state index contributed by atoms with van der Waals surface area (Å²) in [5.41, 5.74) is 0. The molecule has 0 aromatic rings. The van der Waals surface area contributed by atoms with Crippen LogP contribution in [0.3, 0.4) is 0 Å². The SMILES string of the molecule is C[C@@H]1O[C@@H](O[C@@H]([C@H](O[C@@H]2O[C@H](CO)[C@H](O)[C@H](O)[C@H]2O)[C@@H](O)C=O)[C@H](O)CO)[C@@H](O)[C@H](O)[C@@H]1O. The molecule has 33 heavy (non-hydrogen) atoms. The fourth-order valence-corrected chi connectivity index (χ4v) is 3.54. The van der Waals surface area contributed by atoms with E-state index in [4.69, 9.17) is 18.9 Å². The van der Waals surface area contributed by atoms with E-state index in [0.717, 1.165) is 0 Å². The zero-order valence-corrected chi connectivity index (χ0v) is 17.6. The second kappa shape index (κ2) is 12.2. The molecular weight excluding hydrogens is 456 g/mol. The van der Waals surface area contributed by atoms with Crippen LogP contribution in [0.5, 0.6) is 0 Å². The first kappa shape index (κ1) is 28.3. The Bertz CT molecular complexity index is 607. The van der Waals surface area contributed by atoms with Gasteiger partial charge in [-0.1, -0.05) is 0 Å². The Kier molecular flexibility index (Phi) is 10.5. The van der Waals surface area contributed by atoms with Crippen LogP contribution in [0.4, 0.5) is 0 Å². The summed E-state index contributed by atoms with van der Waals surface area (Å²) in [6.07, 6.45) is -24.4. The van der Waals surface area contributed by atoms with Gasteiger partial charge in [-0.15, -0.1) is 0 Å². The average molecular weight is 488 g/mol. The highest BCUT2D eigenvalue weighted by Crippen LogP contribution is 2.28. The smallest absolute Gasteiger partial charge is 0.187 e. The van der Waals surface area contributed by atoms with E-state index in [9.17, 15) is 55.9 Å². The minimum atomic E-state index is -2.09. The van der Waals surface area contributed by atoms with Crippen LogP contribution >= 0.6 is 0 Å². The highest BCUT2D eigenvalue weighted by Gasteiger charge is 2.49. The molecule has 10 N–H and O–H groups in total. The molecule has 2 fully saturated rings. The van der Waals surface area contributed by atoms with Crippen molar-refractivity contribution in [2.45, 2.75) is 92.8 Å². The quantitative estimate of drug-likeness (QED) is 0.128. The number of aliphatic hydroxyl groups excluding tert-OH is 10. The van der Waals surface area contributed by atoms with Crippen molar-refractivity contribution in [3.8, 4) is 0 Å². The molecule has 0 radical (unpaired) electrons. The second-order valence-corrected chi connectivity index (χ2v) is 7.96. The summed E-state index contributed by atoms with van der Waals surface area (Å²) < 4.78 is 21.2. The van der Waals surface area contributed by atoms with Crippen LogP contribution in [0.15, 0.2) is 0 Å². The van der Waals surface area contributed by atoms with Gasteiger partial charge < -0.3 is 74.8 Å². The fourth-order valence-electron chi connectivity index (χ4n) is 3.54. The predicted octanol–water partition coefficient (Wildman–Crippen LogP) is -6.70. The zero-order chi connectivity index (χ0) is 25.0. The zero-order valence-electron chi connectivity index (χ0n) is 17.6. The van der Waals surface area contributed by atoms with E-state index in [1.807, 2.05) is 0 Å². The number of carbonyl (C=O) groups is 1. The Labute approximate surface area is 187 Å². The molecule has 2 rings (SSSR count). The molecule has 14 atom stereocenters. The lowest BCUT2D eigenvalue weighted by atomic mass is 9.98. The Morgan fingerprint density at radius 3 is 1.82 bits per heavy atom. The Morgan fingerprint density at radius 1 is 0.788 bits per heavy atom. The van der Waals surface area contributed by atoms with Gasteiger partial charge in [0.25, 0.3) is 0 Å². The summed E-state index contributed by atoms with van der Waals surface area (Å²) in [6.45, 7) is -0.463. The molecule has 2 aliphatic rings. The van der Waals surface area contributed by atoms with Gasteiger partial charge >= 0.3 is 0 Å². The van der Waals surface area contributed by atoms with Crippen LogP contribution in [-0.2, 0) is 23.7 Å². The van der Waals surface area contributed by atoms with Crippen LogP contribution in [0.25, 0.3) is 0 Å². The topological polar surface area (TPSA) is 256 Å². The minimum absolute atomic E-state index is 0.0332. The lowest BCUT2D eigenvalue weighted by Gasteiger charge is -2.44. The van der Waals surface area contributed by atoms with Crippen molar-refractivity contribution in [3.05, 3.63) is 0 Å². The molecule has 2 aliphatic heterocycles. The summed E-state index contributed by atoms with van der Waals surface area (Å²) in [5.74, 6) is 0. The van der Waals surface area contributed by atoms with E-state index in [0.29, 0.717) is 0 Å². The normalized spacial score (nSPS) is 43.5. The van der Waals surface area contributed by atoms with Crippen LogP contribution in [-0.4, -0.2) is 156 Å². The fraction of sp³-hybridized carbons (Fsp3) is 0.944. The molecule has 0 spiro atoms. The molecule has 0 amide bonds. The number of aliphatic hydroxyl groups is 10. The number of carbonyl (C=O) groups excluding carboxylic acids is 1. The van der Waals surface area contributed by atoms with Gasteiger partial charge in [-0.3, -0.25) is 0 Å². The number of hydrogen-bond donors (Lipinski definition) is 10. The standard InChI is InChI=1S/C18H32O15/c1-5-9(24)11(26)13(28)17(30-5)32-15(6(22)2-19)16(7(23)3-20)33-18-14(29)12(27)10(25)8(4-21)31-18/h3,5-19,21-29H,2,4H2,1H3/t5-,6+,7-,8+,9+,10-,11+,12-,13-,14+,15+,16+,17-,18-/m0/s1.